The van der Waals surface area contributed by atoms with Gasteiger partial charge in [-0.15, -0.1) is 0 Å². The highest BCUT2D eigenvalue weighted by atomic mass is 35.5. The van der Waals surface area contributed by atoms with Crippen LogP contribution in [0.5, 0.6) is 0 Å². The van der Waals surface area contributed by atoms with E-state index in [-0.39, 0.29) is 5.69 Å². The van der Waals surface area contributed by atoms with E-state index in [1.54, 1.807) is 25.1 Å². The van der Waals surface area contributed by atoms with E-state index in [1.807, 2.05) is 6.07 Å². The Morgan fingerprint density at radius 1 is 1.16 bits per heavy atom. The first kappa shape index (κ1) is 17.4. The predicted molar refractivity (Wildman–Crippen MR) is 95.9 cm³/mol. The first-order chi connectivity index (χ1) is 12.0. The third-order valence-electron chi connectivity index (χ3n) is 3.41. The van der Waals surface area contributed by atoms with E-state index in [0.717, 1.165) is 12.1 Å². The molecule has 0 spiro atoms. The number of halogens is 4. The van der Waals surface area contributed by atoms with Crippen molar-refractivity contribution < 1.29 is 8.78 Å². The van der Waals surface area contributed by atoms with E-state index in [0.29, 0.717) is 27.1 Å². The van der Waals surface area contributed by atoms with Crippen LogP contribution in [0.2, 0.25) is 10.2 Å². The van der Waals surface area contributed by atoms with Crippen molar-refractivity contribution in [3.05, 3.63) is 75.5 Å². The molecule has 128 valence electrons. The molecule has 1 N–H and O–H groups in total. The van der Waals surface area contributed by atoms with Crippen molar-refractivity contribution in [3.8, 4) is 5.69 Å². The second kappa shape index (κ2) is 7.21. The van der Waals surface area contributed by atoms with E-state index in [9.17, 15) is 8.78 Å². The Hall–Kier alpha value is -2.44. The van der Waals surface area contributed by atoms with Gasteiger partial charge in [-0.2, -0.15) is 10.2 Å². The summed E-state index contributed by atoms with van der Waals surface area (Å²) in [5, 5.41) is 9.21. The smallest absolute Gasteiger partial charge is 0.151 e. The quantitative estimate of drug-likeness (QED) is 0.498. The van der Waals surface area contributed by atoms with Gasteiger partial charge in [0, 0.05) is 11.1 Å². The van der Waals surface area contributed by atoms with Gasteiger partial charge in [0.05, 0.1) is 28.8 Å². The summed E-state index contributed by atoms with van der Waals surface area (Å²) in [6.45, 7) is 1.77. The number of anilines is 1. The number of nitrogens with one attached hydrogen (secondary N) is 1. The molecule has 3 rings (SSSR count). The Morgan fingerprint density at radius 3 is 2.68 bits per heavy atom. The number of hydrogen-bond donors (Lipinski definition) is 1. The van der Waals surface area contributed by atoms with Gasteiger partial charge in [-0.05, 0) is 37.3 Å². The predicted octanol–water partition coefficient (Wildman–Crippen LogP) is 5.21. The number of nitrogens with zero attached hydrogens (tertiary/aromatic N) is 3. The van der Waals surface area contributed by atoms with E-state index in [2.05, 4.69) is 15.6 Å². The van der Waals surface area contributed by atoms with Gasteiger partial charge in [0.2, 0.25) is 0 Å². The Balaban J connectivity index is 1.86. The zero-order valence-electron chi connectivity index (χ0n) is 13.0. The van der Waals surface area contributed by atoms with Gasteiger partial charge in [0.25, 0.3) is 0 Å². The number of hydrogen-bond acceptors (Lipinski definition) is 3. The van der Waals surface area contributed by atoms with Gasteiger partial charge in [-0.25, -0.2) is 13.5 Å². The van der Waals surface area contributed by atoms with Crippen LogP contribution in [-0.2, 0) is 0 Å². The summed E-state index contributed by atoms with van der Waals surface area (Å²) in [6, 6.07) is 10.2. The molecule has 0 aliphatic carbocycles. The van der Waals surface area contributed by atoms with Crippen LogP contribution in [0.3, 0.4) is 0 Å². The number of rotatable bonds is 4. The van der Waals surface area contributed by atoms with E-state index in [4.69, 9.17) is 23.2 Å². The van der Waals surface area contributed by atoms with Crippen LogP contribution < -0.4 is 5.43 Å². The molecule has 0 saturated heterocycles. The average Bonchev–Trinajstić information content (AvgIpc) is 2.85. The average molecular weight is 381 g/mol. The molecule has 1 aromatic heterocycles. The van der Waals surface area contributed by atoms with Crippen molar-refractivity contribution in [2.75, 3.05) is 5.43 Å². The molecule has 2 aromatic carbocycles. The maximum Gasteiger partial charge on any atom is 0.151 e. The van der Waals surface area contributed by atoms with Gasteiger partial charge >= 0.3 is 0 Å². The van der Waals surface area contributed by atoms with Crippen LogP contribution in [0, 0.1) is 18.6 Å². The Bertz CT molecular complexity index is 954. The molecule has 0 aliphatic rings. The number of aromatic nitrogens is 2. The number of hydrazone groups is 1. The number of aryl methyl sites for hydroxylation is 1. The topological polar surface area (TPSA) is 42.2 Å². The van der Waals surface area contributed by atoms with Gasteiger partial charge in [0.1, 0.15) is 11.0 Å². The molecule has 0 atom stereocenters. The SMILES string of the molecule is Cc1nn(-c2cccc(Cl)c2)c(Cl)c1/C=N/Nc1ccc(F)cc1F. The monoisotopic (exact) mass is 380 g/mol. The number of benzene rings is 2. The molecular weight excluding hydrogens is 369 g/mol. The maximum atomic E-state index is 13.6. The minimum Gasteiger partial charge on any atom is -0.276 e. The van der Waals surface area contributed by atoms with Crippen molar-refractivity contribution in [1.82, 2.24) is 9.78 Å². The van der Waals surface area contributed by atoms with Crippen LogP contribution in [0.4, 0.5) is 14.5 Å². The molecule has 0 unspecified atom stereocenters. The van der Waals surface area contributed by atoms with Crippen molar-refractivity contribution in [2.45, 2.75) is 6.92 Å². The zero-order valence-corrected chi connectivity index (χ0v) is 14.5. The van der Waals surface area contributed by atoms with Crippen molar-refractivity contribution >= 4 is 35.1 Å². The second-order valence-electron chi connectivity index (χ2n) is 5.18. The zero-order chi connectivity index (χ0) is 18.0. The highest BCUT2D eigenvalue weighted by Crippen LogP contribution is 2.24. The van der Waals surface area contributed by atoms with Crippen LogP contribution >= 0.6 is 23.2 Å². The summed E-state index contributed by atoms with van der Waals surface area (Å²) in [7, 11) is 0. The summed E-state index contributed by atoms with van der Waals surface area (Å²) in [4.78, 5) is 0. The lowest BCUT2D eigenvalue weighted by molar-refractivity contribution is 0.585. The third kappa shape index (κ3) is 3.81. The second-order valence-corrected chi connectivity index (χ2v) is 5.97. The Kier molecular flexibility index (Phi) is 5.01. The fraction of sp³-hybridized carbons (Fsp3) is 0.0588. The van der Waals surface area contributed by atoms with E-state index in [1.165, 1.54) is 17.0 Å². The standard InChI is InChI=1S/C17H12Cl2F2N4/c1-10-14(9-22-23-16-6-5-12(20)8-15(16)21)17(19)25(24-10)13-4-2-3-11(18)7-13/h2-9,23H,1H3/b22-9+. The summed E-state index contributed by atoms with van der Waals surface area (Å²) in [5.41, 5.74) is 4.47. The van der Waals surface area contributed by atoms with Crippen molar-refractivity contribution in [3.63, 3.8) is 0 Å². The highest BCUT2D eigenvalue weighted by Gasteiger charge is 2.13. The van der Waals surface area contributed by atoms with Crippen LogP contribution in [-0.4, -0.2) is 16.0 Å². The molecule has 0 fully saturated rings. The molecule has 0 saturated carbocycles. The van der Waals surface area contributed by atoms with Crippen LogP contribution in [0.15, 0.2) is 47.6 Å². The molecule has 0 bridgehead atoms. The Labute approximate surface area is 152 Å². The first-order valence-corrected chi connectivity index (χ1v) is 7.96. The summed E-state index contributed by atoms with van der Waals surface area (Å²) >= 11 is 12.4. The fourth-order valence-corrected chi connectivity index (χ4v) is 2.69. The molecule has 0 amide bonds. The van der Waals surface area contributed by atoms with Crippen molar-refractivity contribution in [2.24, 2.45) is 5.10 Å². The minimum atomic E-state index is -0.741. The molecule has 4 nitrogen and oxygen atoms in total. The maximum absolute atomic E-state index is 13.6. The lowest BCUT2D eigenvalue weighted by Crippen LogP contribution is -1.97. The highest BCUT2D eigenvalue weighted by molar-refractivity contribution is 6.32. The van der Waals surface area contributed by atoms with E-state index >= 15 is 0 Å². The van der Waals surface area contributed by atoms with Gasteiger partial charge < -0.3 is 0 Å². The molecule has 25 heavy (non-hydrogen) atoms. The largest absolute Gasteiger partial charge is 0.276 e. The van der Waals surface area contributed by atoms with Gasteiger partial charge in [-0.1, -0.05) is 29.3 Å². The summed E-state index contributed by atoms with van der Waals surface area (Å²) < 4.78 is 28.0. The molecular formula is C17H12Cl2F2N4. The van der Waals surface area contributed by atoms with Gasteiger partial charge in [0.15, 0.2) is 5.82 Å². The lowest BCUT2D eigenvalue weighted by atomic mass is 10.3. The minimum absolute atomic E-state index is 0.0497. The van der Waals surface area contributed by atoms with Gasteiger partial charge in [-0.3, -0.25) is 5.43 Å². The molecule has 1 heterocycles. The molecule has 8 heteroatoms. The molecule has 0 radical (unpaired) electrons. The molecule has 3 aromatic rings. The summed E-state index contributed by atoms with van der Waals surface area (Å²) in [5.74, 6) is -1.40. The Morgan fingerprint density at radius 2 is 1.96 bits per heavy atom. The fourth-order valence-electron chi connectivity index (χ4n) is 2.18. The van der Waals surface area contributed by atoms with E-state index < -0.39 is 11.6 Å². The third-order valence-corrected chi connectivity index (χ3v) is 4.01. The van der Waals surface area contributed by atoms with Crippen molar-refractivity contribution in [1.29, 1.82) is 0 Å². The van der Waals surface area contributed by atoms with Crippen LogP contribution in [0.25, 0.3) is 5.69 Å². The first-order valence-electron chi connectivity index (χ1n) is 7.21. The lowest BCUT2D eigenvalue weighted by Gasteiger charge is -2.03. The summed E-state index contributed by atoms with van der Waals surface area (Å²) in [6.07, 6.45) is 1.43. The van der Waals surface area contributed by atoms with Crippen LogP contribution in [0.1, 0.15) is 11.3 Å². The normalized spacial score (nSPS) is 11.2. The molecule has 0 aliphatic heterocycles.